The molecule has 0 radical (unpaired) electrons. The van der Waals surface area contributed by atoms with Gasteiger partial charge in [-0.3, -0.25) is 0 Å². The molecule has 0 unspecified atom stereocenters. The topological polar surface area (TPSA) is 85.0 Å². The number of H-pyrrole nitrogens is 1. The normalized spacial score (nSPS) is 11.1. The summed E-state index contributed by atoms with van der Waals surface area (Å²) in [6, 6.07) is 15.8. The number of fused-ring (bicyclic) bond motifs is 2. The maximum atomic E-state index is 14.1. The van der Waals surface area contributed by atoms with E-state index >= 15 is 0 Å². The molecule has 8 heteroatoms. The van der Waals surface area contributed by atoms with Crippen molar-refractivity contribution in [3.63, 3.8) is 0 Å². The molecular weight excluding hydrogens is 397 g/mol. The van der Waals surface area contributed by atoms with Crippen molar-refractivity contribution in [2.45, 2.75) is 0 Å². The largest absolute Gasteiger partial charge is 0.493 e. The minimum Gasteiger partial charge on any atom is -0.493 e. The van der Waals surface area contributed by atoms with Crippen molar-refractivity contribution in [2.24, 2.45) is 0 Å². The highest BCUT2D eigenvalue weighted by Crippen LogP contribution is 2.34. The van der Waals surface area contributed by atoms with Crippen molar-refractivity contribution >= 4 is 33.4 Å². The van der Waals surface area contributed by atoms with Crippen LogP contribution in [0.25, 0.3) is 33.3 Å². The monoisotopic (exact) mass is 415 g/mol. The van der Waals surface area contributed by atoms with Gasteiger partial charge in [0, 0.05) is 17.1 Å². The number of halogens is 1. The third kappa shape index (κ3) is 3.38. The van der Waals surface area contributed by atoms with Gasteiger partial charge in [-0.05, 0) is 36.4 Å². The number of aromatic amines is 1. The molecule has 3 aromatic carbocycles. The molecule has 2 heterocycles. The first kappa shape index (κ1) is 18.8. The van der Waals surface area contributed by atoms with Gasteiger partial charge in [0.05, 0.1) is 36.3 Å². The van der Waals surface area contributed by atoms with Crippen LogP contribution in [0.5, 0.6) is 11.5 Å². The van der Waals surface area contributed by atoms with E-state index in [2.05, 4.69) is 25.3 Å². The summed E-state index contributed by atoms with van der Waals surface area (Å²) in [4.78, 5) is 16.4. The Labute approximate surface area is 176 Å². The Hall–Kier alpha value is -4.20. The Balaban J connectivity index is 1.53. The highest BCUT2D eigenvalue weighted by Gasteiger charge is 2.13. The van der Waals surface area contributed by atoms with Gasteiger partial charge in [-0.1, -0.05) is 12.1 Å². The van der Waals surface area contributed by atoms with Crippen LogP contribution < -0.4 is 14.8 Å². The molecule has 2 N–H and O–H groups in total. The molecule has 0 aliphatic rings. The van der Waals surface area contributed by atoms with E-state index < -0.39 is 0 Å². The van der Waals surface area contributed by atoms with Gasteiger partial charge in [0.15, 0.2) is 11.5 Å². The summed E-state index contributed by atoms with van der Waals surface area (Å²) in [5.41, 5.74) is 3.46. The van der Waals surface area contributed by atoms with Crippen molar-refractivity contribution in [1.82, 2.24) is 19.9 Å². The second kappa shape index (κ2) is 7.56. The van der Waals surface area contributed by atoms with Crippen LogP contribution in [-0.2, 0) is 0 Å². The predicted molar refractivity (Wildman–Crippen MR) is 117 cm³/mol. The van der Waals surface area contributed by atoms with E-state index in [0.717, 1.165) is 27.6 Å². The van der Waals surface area contributed by atoms with E-state index in [4.69, 9.17) is 9.47 Å². The Kier molecular flexibility index (Phi) is 4.59. The number of benzene rings is 3. The molecule has 0 saturated heterocycles. The van der Waals surface area contributed by atoms with E-state index in [1.54, 1.807) is 38.5 Å². The molecule has 0 amide bonds. The predicted octanol–water partition coefficient (Wildman–Crippen LogP) is 5.07. The molecule has 31 heavy (non-hydrogen) atoms. The molecular formula is C23H18FN5O2. The van der Waals surface area contributed by atoms with Crippen LogP contribution in [0.2, 0.25) is 0 Å². The second-order valence-electron chi connectivity index (χ2n) is 6.87. The number of anilines is 2. The van der Waals surface area contributed by atoms with Gasteiger partial charge in [0.2, 0.25) is 0 Å². The number of hydrogen-bond donors (Lipinski definition) is 2. The summed E-state index contributed by atoms with van der Waals surface area (Å²) in [7, 11) is 3.17. The van der Waals surface area contributed by atoms with Crippen molar-refractivity contribution in [3.05, 3.63) is 66.7 Å². The van der Waals surface area contributed by atoms with Crippen molar-refractivity contribution < 1.29 is 13.9 Å². The Morgan fingerprint density at radius 2 is 1.71 bits per heavy atom. The summed E-state index contributed by atoms with van der Waals surface area (Å²) in [5, 5.41) is 4.11. The zero-order valence-electron chi connectivity index (χ0n) is 16.8. The molecule has 0 atom stereocenters. The Morgan fingerprint density at radius 3 is 2.52 bits per heavy atom. The molecule has 0 spiro atoms. The fourth-order valence-electron chi connectivity index (χ4n) is 3.49. The van der Waals surface area contributed by atoms with Crippen LogP contribution in [0, 0.1) is 5.82 Å². The maximum absolute atomic E-state index is 14.1. The minimum absolute atomic E-state index is 0.322. The molecule has 5 rings (SSSR count). The average molecular weight is 415 g/mol. The molecule has 154 valence electrons. The zero-order valence-corrected chi connectivity index (χ0v) is 16.8. The molecule has 0 fully saturated rings. The standard InChI is InChI=1S/C23H18FN5O2/c1-30-20-10-15-18(11-21(20)31-2)25-12-26-22(15)27-13-7-8-17-19(9-13)29-23(28-17)14-5-3-4-6-16(14)24/h3-12H,1-2H3,(H,28,29)(H,25,26,27). The van der Waals surface area contributed by atoms with Gasteiger partial charge in [0.25, 0.3) is 0 Å². The molecule has 0 bridgehead atoms. The number of imidazole rings is 1. The van der Waals surface area contributed by atoms with Gasteiger partial charge in [-0.15, -0.1) is 0 Å². The number of hydrogen-bond acceptors (Lipinski definition) is 6. The summed E-state index contributed by atoms with van der Waals surface area (Å²) in [6.45, 7) is 0. The van der Waals surface area contributed by atoms with Gasteiger partial charge >= 0.3 is 0 Å². The number of nitrogens with one attached hydrogen (secondary N) is 2. The van der Waals surface area contributed by atoms with Gasteiger partial charge in [-0.25, -0.2) is 19.3 Å². The summed E-state index contributed by atoms with van der Waals surface area (Å²) < 4.78 is 24.9. The maximum Gasteiger partial charge on any atom is 0.162 e. The quantitative estimate of drug-likeness (QED) is 0.417. The van der Waals surface area contributed by atoms with Crippen molar-refractivity contribution in [1.29, 1.82) is 0 Å². The minimum atomic E-state index is -0.322. The number of aromatic nitrogens is 4. The van der Waals surface area contributed by atoms with E-state index in [-0.39, 0.29) is 5.82 Å². The number of nitrogens with zero attached hydrogens (tertiary/aromatic N) is 3. The van der Waals surface area contributed by atoms with Crippen molar-refractivity contribution in [2.75, 3.05) is 19.5 Å². The fraction of sp³-hybridized carbons (Fsp3) is 0.0870. The first-order valence-corrected chi connectivity index (χ1v) is 9.54. The molecule has 0 saturated carbocycles. The SMILES string of the molecule is COc1cc2ncnc(Nc3ccc4nc(-c5ccccc5F)[nH]c4c3)c2cc1OC. The highest BCUT2D eigenvalue weighted by molar-refractivity contribution is 5.94. The lowest BCUT2D eigenvalue weighted by atomic mass is 10.2. The van der Waals surface area contributed by atoms with E-state index in [1.807, 2.05) is 24.3 Å². The lowest BCUT2D eigenvalue weighted by molar-refractivity contribution is 0.356. The molecule has 5 aromatic rings. The van der Waals surface area contributed by atoms with Crippen LogP contribution >= 0.6 is 0 Å². The number of rotatable bonds is 5. The van der Waals surface area contributed by atoms with Gasteiger partial charge in [-0.2, -0.15) is 0 Å². The van der Waals surface area contributed by atoms with Gasteiger partial charge < -0.3 is 19.8 Å². The van der Waals surface area contributed by atoms with E-state index in [1.165, 1.54) is 12.4 Å². The summed E-state index contributed by atoms with van der Waals surface area (Å²) in [5.74, 6) is 1.97. The summed E-state index contributed by atoms with van der Waals surface area (Å²) >= 11 is 0. The summed E-state index contributed by atoms with van der Waals surface area (Å²) in [6.07, 6.45) is 1.49. The number of ether oxygens (including phenoxy) is 2. The Morgan fingerprint density at radius 1 is 0.903 bits per heavy atom. The van der Waals surface area contributed by atoms with Crippen LogP contribution in [-0.4, -0.2) is 34.2 Å². The smallest absolute Gasteiger partial charge is 0.162 e. The van der Waals surface area contributed by atoms with E-state index in [0.29, 0.717) is 28.7 Å². The first-order valence-electron chi connectivity index (χ1n) is 9.54. The van der Waals surface area contributed by atoms with Crippen LogP contribution in [0.15, 0.2) is 60.9 Å². The molecule has 0 aliphatic heterocycles. The second-order valence-corrected chi connectivity index (χ2v) is 6.87. The van der Waals surface area contributed by atoms with E-state index in [9.17, 15) is 4.39 Å². The third-order valence-corrected chi connectivity index (χ3v) is 5.01. The van der Waals surface area contributed by atoms with Crippen LogP contribution in [0.3, 0.4) is 0 Å². The van der Waals surface area contributed by atoms with Gasteiger partial charge in [0.1, 0.15) is 23.8 Å². The average Bonchev–Trinajstić information content (AvgIpc) is 3.22. The third-order valence-electron chi connectivity index (χ3n) is 5.01. The Bertz CT molecular complexity index is 1420. The van der Waals surface area contributed by atoms with Crippen LogP contribution in [0.1, 0.15) is 0 Å². The van der Waals surface area contributed by atoms with Crippen LogP contribution in [0.4, 0.5) is 15.9 Å². The lowest BCUT2D eigenvalue weighted by Crippen LogP contribution is -1.98. The first-order chi connectivity index (χ1) is 15.2. The molecule has 2 aromatic heterocycles. The molecule has 0 aliphatic carbocycles. The highest BCUT2D eigenvalue weighted by atomic mass is 19.1. The lowest BCUT2D eigenvalue weighted by Gasteiger charge is -2.12. The molecule has 7 nitrogen and oxygen atoms in total. The zero-order chi connectivity index (χ0) is 21.4. The number of methoxy groups -OCH3 is 2. The fourth-order valence-corrected chi connectivity index (χ4v) is 3.49. The van der Waals surface area contributed by atoms with Crippen molar-refractivity contribution in [3.8, 4) is 22.9 Å².